The minimum absolute atomic E-state index is 0.0375. The van der Waals surface area contributed by atoms with Gasteiger partial charge in [-0.25, -0.2) is 0 Å². The van der Waals surface area contributed by atoms with Crippen molar-refractivity contribution in [2.24, 2.45) is 11.1 Å². The van der Waals surface area contributed by atoms with Crippen LogP contribution in [0.1, 0.15) is 32.8 Å². The van der Waals surface area contributed by atoms with Crippen molar-refractivity contribution in [2.45, 2.75) is 33.6 Å². The van der Waals surface area contributed by atoms with Gasteiger partial charge < -0.3 is 15.8 Å². The Bertz CT molecular complexity index is 442. The number of rotatable bonds is 6. The third-order valence-electron chi connectivity index (χ3n) is 3.30. The second-order valence-electron chi connectivity index (χ2n) is 5.26. The van der Waals surface area contributed by atoms with Crippen LogP contribution < -0.4 is 15.8 Å². The monoisotopic (exact) mass is 264 g/mol. The van der Waals surface area contributed by atoms with Crippen LogP contribution in [0.15, 0.2) is 18.2 Å². The van der Waals surface area contributed by atoms with Crippen molar-refractivity contribution in [2.75, 3.05) is 19.0 Å². The maximum atomic E-state index is 12.3. The zero-order valence-corrected chi connectivity index (χ0v) is 12.2. The molecule has 0 bridgehead atoms. The fraction of sp³-hybridized carbons (Fsp3) is 0.533. The van der Waals surface area contributed by atoms with Gasteiger partial charge in [0.2, 0.25) is 5.91 Å². The van der Waals surface area contributed by atoms with Crippen molar-refractivity contribution in [1.29, 1.82) is 0 Å². The lowest BCUT2D eigenvalue weighted by Gasteiger charge is -2.23. The molecule has 1 aromatic rings. The number of ether oxygens (including phenoxy) is 1. The molecule has 0 saturated carbocycles. The topological polar surface area (TPSA) is 64.3 Å². The number of aryl methyl sites for hydroxylation is 1. The van der Waals surface area contributed by atoms with E-state index in [0.29, 0.717) is 18.7 Å². The van der Waals surface area contributed by atoms with Crippen molar-refractivity contribution in [3.8, 4) is 5.75 Å². The summed E-state index contributed by atoms with van der Waals surface area (Å²) in [7, 11) is 1.60. The zero-order chi connectivity index (χ0) is 14.5. The van der Waals surface area contributed by atoms with E-state index in [0.717, 1.165) is 17.7 Å². The van der Waals surface area contributed by atoms with Gasteiger partial charge in [-0.05, 0) is 37.1 Å². The molecule has 0 aliphatic rings. The highest BCUT2D eigenvalue weighted by Gasteiger charge is 2.27. The Labute approximate surface area is 115 Å². The molecule has 0 fully saturated rings. The molecule has 19 heavy (non-hydrogen) atoms. The molecule has 0 aliphatic carbocycles. The predicted octanol–water partition coefficient (Wildman–Crippen LogP) is 2.57. The molecular formula is C15H24N2O2. The zero-order valence-electron chi connectivity index (χ0n) is 12.2. The molecule has 0 spiro atoms. The van der Waals surface area contributed by atoms with Crippen molar-refractivity contribution in [3.63, 3.8) is 0 Å². The summed E-state index contributed by atoms with van der Waals surface area (Å²) in [6, 6.07) is 5.83. The van der Waals surface area contributed by atoms with Crippen LogP contribution in [0.5, 0.6) is 5.75 Å². The standard InChI is InChI=1S/C15H24N2O2/c1-5-11-6-7-13(19-4)12(10-11)17-14(18)15(2,3)8-9-16/h6-7,10H,5,8-9,16H2,1-4H3,(H,17,18). The summed E-state index contributed by atoms with van der Waals surface area (Å²) in [6.07, 6.45) is 1.56. The number of nitrogens with one attached hydrogen (secondary N) is 1. The van der Waals surface area contributed by atoms with Crippen LogP contribution in [0.3, 0.4) is 0 Å². The maximum absolute atomic E-state index is 12.3. The molecule has 0 unspecified atom stereocenters. The summed E-state index contributed by atoms with van der Waals surface area (Å²) >= 11 is 0. The van der Waals surface area contributed by atoms with E-state index in [2.05, 4.69) is 12.2 Å². The number of carbonyl (C=O) groups excluding carboxylic acids is 1. The molecule has 0 radical (unpaired) electrons. The molecule has 4 heteroatoms. The number of hydrogen-bond acceptors (Lipinski definition) is 3. The van der Waals surface area contributed by atoms with Gasteiger partial charge in [0, 0.05) is 5.41 Å². The lowest BCUT2D eigenvalue weighted by molar-refractivity contribution is -0.124. The Morgan fingerprint density at radius 3 is 2.63 bits per heavy atom. The molecule has 1 rings (SSSR count). The highest BCUT2D eigenvalue weighted by atomic mass is 16.5. The van der Waals surface area contributed by atoms with Crippen LogP contribution >= 0.6 is 0 Å². The Morgan fingerprint density at radius 2 is 2.11 bits per heavy atom. The molecule has 1 amide bonds. The van der Waals surface area contributed by atoms with Gasteiger partial charge in [0.05, 0.1) is 12.8 Å². The molecule has 1 aromatic carbocycles. The lowest BCUT2D eigenvalue weighted by atomic mass is 9.88. The average molecular weight is 264 g/mol. The molecule has 0 saturated heterocycles. The van der Waals surface area contributed by atoms with Gasteiger partial charge in [0.1, 0.15) is 5.75 Å². The van der Waals surface area contributed by atoms with E-state index >= 15 is 0 Å². The normalized spacial score (nSPS) is 11.2. The van der Waals surface area contributed by atoms with Crippen molar-refractivity contribution < 1.29 is 9.53 Å². The van der Waals surface area contributed by atoms with Crippen LogP contribution in [0, 0.1) is 5.41 Å². The second-order valence-corrected chi connectivity index (χ2v) is 5.26. The minimum Gasteiger partial charge on any atom is -0.495 e. The first-order chi connectivity index (χ1) is 8.94. The molecule has 0 atom stereocenters. The molecule has 4 nitrogen and oxygen atoms in total. The molecule has 0 heterocycles. The molecule has 0 aromatic heterocycles. The van der Waals surface area contributed by atoms with Crippen LogP contribution in [0.2, 0.25) is 0 Å². The van der Waals surface area contributed by atoms with Gasteiger partial charge in [-0.3, -0.25) is 4.79 Å². The van der Waals surface area contributed by atoms with Gasteiger partial charge in [0.25, 0.3) is 0 Å². The van der Waals surface area contributed by atoms with Crippen molar-refractivity contribution in [1.82, 2.24) is 0 Å². The Balaban J connectivity index is 2.94. The first-order valence-corrected chi connectivity index (χ1v) is 6.63. The highest BCUT2D eigenvalue weighted by molar-refractivity contribution is 5.96. The van der Waals surface area contributed by atoms with E-state index < -0.39 is 5.41 Å². The molecule has 0 aliphatic heterocycles. The summed E-state index contributed by atoms with van der Waals surface area (Å²) in [5.74, 6) is 0.638. The maximum Gasteiger partial charge on any atom is 0.230 e. The number of methoxy groups -OCH3 is 1. The van der Waals surface area contributed by atoms with Crippen LogP contribution in [-0.2, 0) is 11.2 Å². The van der Waals surface area contributed by atoms with Gasteiger partial charge in [-0.15, -0.1) is 0 Å². The predicted molar refractivity (Wildman–Crippen MR) is 78.5 cm³/mol. The fourth-order valence-electron chi connectivity index (χ4n) is 1.84. The SMILES string of the molecule is CCc1ccc(OC)c(NC(=O)C(C)(C)CCN)c1. The number of carbonyl (C=O) groups is 1. The van der Waals surface area contributed by atoms with Crippen LogP contribution in [0.25, 0.3) is 0 Å². The van der Waals surface area contributed by atoms with Gasteiger partial charge >= 0.3 is 0 Å². The number of amides is 1. The number of nitrogens with two attached hydrogens (primary N) is 1. The molecule has 106 valence electrons. The number of benzene rings is 1. The fourth-order valence-corrected chi connectivity index (χ4v) is 1.84. The Kier molecular flexibility index (Phi) is 5.36. The van der Waals surface area contributed by atoms with E-state index in [1.807, 2.05) is 32.0 Å². The van der Waals surface area contributed by atoms with E-state index in [-0.39, 0.29) is 5.91 Å². The largest absolute Gasteiger partial charge is 0.495 e. The second kappa shape index (κ2) is 6.57. The van der Waals surface area contributed by atoms with Crippen molar-refractivity contribution in [3.05, 3.63) is 23.8 Å². The van der Waals surface area contributed by atoms with Crippen LogP contribution in [-0.4, -0.2) is 19.6 Å². The Hall–Kier alpha value is -1.55. The highest BCUT2D eigenvalue weighted by Crippen LogP contribution is 2.29. The molecule has 3 N–H and O–H groups in total. The third-order valence-corrected chi connectivity index (χ3v) is 3.30. The van der Waals surface area contributed by atoms with E-state index in [1.54, 1.807) is 7.11 Å². The van der Waals surface area contributed by atoms with E-state index in [9.17, 15) is 4.79 Å². The quantitative estimate of drug-likeness (QED) is 0.830. The molecular weight excluding hydrogens is 240 g/mol. The smallest absolute Gasteiger partial charge is 0.230 e. The summed E-state index contributed by atoms with van der Waals surface area (Å²) < 4.78 is 5.28. The van der Waals surface area contributed by atoms with Gasteiger partial charge in [0.15, 0.2) is 0 Å². The van der Waals surface area contributed by atoms with Gasteiger partial charge in [-0.2, -0.15) is 0 Å². The van der Waals surface area contributed by atoms with E-state index in [4.69, 9.17) is 10.5 Å². The summed E-state index contributed by atoms with van der Waals surface area (Å²) in [6.45, 7) is 6.36. The number of anilines is 1. The average Bonchev–Trinajstić information content (AvgIpc) is 2.38. The third kappa shape index (κ3) is 3.96. The first-order valence-electron chi connectivity index (χ1n) is 6.63. The van der Waals surface area contributed by atoms with E-state index in [1.165, 1.54) is 0 Å². The summed E-state index contributed by atoms with van der Waals surface area (Å²) in [4.78, 5) is 12.3. The summed E-state index contributed by atoms with van der Waals surface area (Å²) in [5.41, 5.74) is 6.94. The lowest BCUT2D eigenvalue weighted by Crippen LogP contribution is -2.32. The van der Waals surface area contributed by atoms with Gasteiger partial charge in [-0.1, -0.05) is 26.8 Å². The number of hydrogen-bond donors (Lipinski definition) is 2. The minimum atomic E-state index is -0.484. The van der Waals surface area contributed by atoms with Crippen molar-refractivity contribution >= 4 is 11.6 Å². The summed E-state index contributed by atoms with van der Waals surface area (Å²) in [5, 5.41) is 2.94. The first kappa shape index (κ1) is 15.5. The van der Waals surface area contributed by atoms with Crippen LogP contribution in [0.4, 0.5) is 5.69 Å². The Morgan fingerprint density at radius 1 is 1.42 bits per heavy atom.